The molecule has 0 bridgehead atoms. The number of benzene rings is 1. The maximum atomic E-state index is 13.0. The summed E-state index contributed by atoms with van der Waals surface area (Å²) in [6.07, 6.45) is 6.08. The normalized spacial score (nSPS) is 25.9. The molecule has 1 heterocycles. The highest BCUT2D eigenvalue weighted by atomic mass is 16.5. The van der Waals surface area contributed by atoms with Gasteiger partial charge >= 0.3 is 0 Å². The third-order valence-electron chi connectivity index (χ3n) is 5.46. The first-order chi connectivity index (χ1) is 12.2. The molecule has 0 aromatic heterocycles. The first-order valence-corrected chi connectivity index (χ1v) is 9.43. The number of methoxy groups -OCH3 is 1. The van der Waals surface area contributed by atoms with Crippen molar-refractivity contribution < 1.29 is 14.3 Å². The molecule has 1 saturated heterocycles. The third-order valence-corrected chi connectivity index (χ3v) is 5.46. The van der Waals surface area contributed by atoms with Crippen LogP contribution in [-0.2, 0) is 16.1 Å². The average molecular weight is 346 g/mol. The molecule has 1 unspecified atom stereocenters. The monoisotopic (exact) mass is 346 g/mol. The lowest BCUT2D eigenvalue weighted by Gasteiger charge is -2.27. The van der Waals surface area contributed by atoms with Gasteiger partial charge in [-0.2, -0.15) is 0 Å². The summed E-state index contributed by atoms with van der Waals surface area (Å²) in [5, 5.41) is 0. The zero-order chi connectivity index (χ0) is 17.6. The molecule has 1 aliphatic heterocycles. The molecule has 1 amide bonds. The number of carbonyl (C=O) groups is 1. The minimum Gasteiger partial charge on any atom is -0.497 e. The van der Waals surface area contributed by atoms with E-state index in [1.807, 2.05) is 29.2 Å². The number of nitrogens with two attached hydrogens (primary N) is 1. The Balaban J connectivity index is 1.67. The van der Waals surface area contributed by atoms with Gasteiger partial charge in [0.2, 0.25) is 5.91 Å². The Morgan fingerprint density at radius 3 is 2.88 bits per heavy atom. The average Bonchev–Trinajstić information content (AvgIpc) is 3.27. The van der Waals surface area contributed by atoms with Crippen LogP contribution >= 0.6 is 0 Å². The number of carbonyl (C=O) groups excluding carboxylic acids is 1. The van der Waals surface area contributed by atoms with Crippen molar-refractivity contribution in [3.8, 4) is 5.75 Å². The topological polar surface area (TPSA) is 64.8 Å². The minimum atomic E-state index is 0.159. The molecule has 2 N–H and O–H groups in total. The fourth-order valence-corrected chi connectivity index (χ4v) is 3.95. The van der Waals surface area contributed by atoms with Crippen LogP contribution < -0.4 is 10.5 Å². The molecule has 1 aliphatic carbocycles. The molecule has 1 saturated carbocycles. The standard InChI is InChI=1S/C20H30N2O3/c1-24-17-7-2-5-15(11-17)13-22(14-18-8-4-10-25-18)20(23)12-16-6-3-9-19(16)21/h2,5,7,11,16,18-19H,3-4,6,8-10,12-14,21H2,1H3/t16-,18?,19+/m0/s1. The predicted octanol–water partition coefficient (Wildman–Crippen LogP) is 2.72. The maximum Gasteiger partial charge on any atom is 0.223 e. The van der Waals surface area contributed by atoms with Gasteiger partial charge in [0, 0.05) is 32.2 Å². The van der Waals surface area contributed by atoms with Gasteiger partial charge in [-0.05, 0) is 49.3 Å². The molecule has 0 radical (unpaired) electrons. The largest absolute Gasteiger partial charge is 0.497 e. The van der Waals surface area contributed by atoms with Gasteiger partial charge in [0.15, 0.2) is 0 Å². The second kappa shape index (κ2) is 8.68. The van der Waals surface area contributed by atoms with E-state index in [1.54, 1.807) is 7.11 Å². The summed E-state index contributed by atoms with van der Waals surface area (Å²) in [7, 11) is 1.66. The molecule has 138 valence electrons. The smallest absolute Gasteiger partial charge is 0.223 e. The minimum absolute atomic E-state index is 0.159. The van der Waals surface area contributed by atoms with Gasteiger partial charge in [-0.1, -0.05) is 18.6 Å². The first kappa shape index (κ1) is 18.2. The molecule has 3 rings (SSSR count). The highest BCUT2D eigenvalue weighted by Gasteiger charge is 2.29. The van der Waals surface area contributed by atoms with Crippen LogP contribution in [-0.4, -0.2) is 43.2 Å². The lowest BCUT2D eigenvalue weighted by atomic mass is 9.99. The van der Waals surface area contributed by atoms with E-state index in [0.717, 1.165) is 50.0 Å². The molecule has 2 aliphatic rings. The van der Waals surface area contributed by atoms with E-state index >= 15 is 0 Å². The van der Waals surface area contributed by atoms with E-state index in [0.29, 0.717) is 25.4 Å². The lowest BCUT2D eigenvalue weighted by molar-refractivity contribution is -0.134. The van der Waals surface area contributed by atoms with Crippen molar-refractivity contribution in [3.05, 3.63) is 29.8 Å². The van der Waals surface area contributed by atoms with Crippen molar-refractivity contribution in [3.63, 3.8) is 0 Å². The zero-order valence-corrected chi connectivity index (χ0v) is 15.2. The molecule has 1 aromatic carbocycles. The summed E-state index contributed by atoms with van der Waals surface area (Å²) < 4.78 is 11.1. The lowest BCUT2D eigenvalue weighted by Crippen LogP contribution is -2.39. The number of ether oxygens (including phenoxy) is 2. The fraction of sp³-hybridized carbons (Fsp3) is 0.650. The molecule has 2 fully saturated rings. The van der Waals surface area contributed by atoms with Crippen LogP contribution in [0.15, 0.2) is 24.3 Å². The predicted molar refractivity (Wildman–Crippen MR) is 97.3 cm³/mol. The van der Waals surface area contributed by atoms with Crippen LogP contribution in [0.1, 0.15) is 44.1 Å². The van der Waals surface area contributed by atoms with Crippen LogP contribution in [0.3, 0.4) is 0 Å². The summed E-state index contributed by atoms with van der Waals surface area (Å²) in [4.78, 5) is 14.9. The molecular weight excluding hydrogens is 316 g/mol. The van der Waals surface area contributed by atoms with Crippen LogP contribution in [0, 0.1) is 5.92 Å². The van der Waals surface area contributed by atoms with Crippen molar-refractivity contribution in [2.45, 2.75) is 57.2 Å². The van der Waals surface area contributed by atoms with Crippen molar-refractivity contribution in [2.24, 2.45) is 11.7 Å². The third kappa shape index (κ3) is 4.95. The van der Waals surface area contributed by atoms with Crippen LogP contribution in [0.5, 0.6) is 5.75 Å². The van der Waals surface area contributed by atoms with Crippen LogP contribution in [0.25, 0.3) is 0 Å². The van der Waals surface area contributed by atoms with Gasteiger partial charge in [-0.25, -0.2) is 0 Å². The van der Waals surface area contributed by atoms with Gasteiger partial charge in [-0.15, -0.1) is 0 Å². The van der Waals surface area contributed by atoms with Crippen LogP contribution in [0.4, 0.5) is 0 Å². The number of amides is 1. The van der Waals surface area contributed by atoms with E-state index in [4.69, 9.17) is 15.2 Å². The van der Waals surface area contributed by atoms with Crippen molar-refractivity contribution in [2.75, 3.05) is 20.3 Å². The van der Waals surface area contributed by atoms with Gasteiger partial charge < -0.3 is 20.1 Å². The van der Waals surface area contributed by atoms with Crippen molar-refractivity contribution >= 4 is 5.91 Å². The molecular formula is C20H30N2O3. The van der Waals surface area contributed by atoms with Gasteiger partial charge in [0.1, 0.15) is 5.75 Å². The van der Waals surface area contributed by atoms with Crippen molar-refractivity contribution in [1.29, 1.82) is 0 Å². The number of hydrogen-bond acceptors (Lipinski definition) is 4. The Morgan fingerprint density at radius 1 is 1.32 bits per heavy atom. The Labute approximate surface area is 150 Å². The Kier molecular flexibility index (Phi) is 6.32. The second-order valence-electron chi connectivity index (χ2n) is 7.32. The van der Waals surface area contributed by atoms with E-state index in [9.17, 15) is 4.79 Å². The summed E-state index contributed by atoms with van der Waals surface area (Å²) in [6.45, 7) is 2.06. The Hall–Kier alpha value is -1.59. The molecule has 3 atom stereocenters. The molecule has 5 nitrogen and oxygen atoms in total. The molecule has 1 aromatic rings. The number of hydrogen-bond donors (Lipinski definition) is 1. The highest BCUT2D eigenvalue weighted by Crippen LogP contribution is 2.28. The summed E-state index contributed by atoms with van der Waals surface area (Å²) in [6, 6.07) is 8.10. The van der Waals surface area contributed by atoms with Gasteiger partial charge in [0.05, 0.1) is 13.2 Å². The molecule has 5 heteroatoms. The van der Waals surface area contributed by atoms with Crippen molar-refractivity contribution in [1.82, 2.24) is 4.90 Å². The molecule has 25 heavy (non-hydrogen) atoms. The summed E-state index contributed by atoms with van der Waals surface area (Å²) >= 11 is 0. The van der Waals surface area contributed by atoms with E-state index in [-0.39, 0.29) is 18.1 Å². The summed E-state index contributed by atoms with van der Waals surface area (Å²) in [5.74, 6) is 1.34. The number of nitrogens with zero attached hydrogens (tertiary/aromatic N) is 1. The second-order valence-corrected chi connectivity index (χ2v) is 7.32. The Morgan fingerprint density at radius 2 is 2.20 bits per heavy atom. The van der Waals surface area contributed by atoms with E-state index in [1.165, 1.54) is 0 Å². The van der Waals surface area contributed by atoms with E-state index < -0.39 is 0 Å². The first-order valence-electron chi connectivity index (χ1n) is 9.43. The Bertz CT molecular complexity index is 572. The van der Waals surface area contributed by atoms with Gasteiger partial charge in [0.25, 0.3) is 0 Å². The quantitative estimate of drug-likeness (QED) is 0.824. The summed E-state index contributed by atoms with van der Waals surface area (Å²) in [5.41, 5.74) is 7.25. The highest BCUT2D eigenvalue weighted by molar-refractivity contribution is 5.76. The zero-order valence-electron chi connectivity index (χ0n) is 15.2. The van der Waals surface area contributed by atoms with E-state index in [2.05, 4.69) is 0 Å². The fourth-order valence-electron chi connectivity index (χ4n) is 3.95. The SMILES string of the molecule is COc1cccc(CN(CC2CCCO2)C(=O)C[C@@H]2CCC[C@H]2N)c1. The number of rotatable bonds is 7. The van der Waals surface area contributed by atoms with Gasteiger partial charge in [-0.3, -0.25) is 4.79 Å². The molecule has 0 spiro atoms. The van der Waals surface area contributed by atoms with Crippen LogP contribution in [0.2, 0.25) is 0 Å². The maximum absolute atomic E-state index is 13.0.